The van der Waals surface area contributed by atoms with Crippen LogP contribution >= 0.6 is 34.2 Å². The molecule has 0 unspecified atom stereocenters. The number of hydrogen-bond acceptors (Lipinski definition) is 2. The first kappa shape index (κ1) is 13.2. The van der Waals surface area contributed by atoms with E-state index < -0.39 is 5.97 Å². The van der Waals surface area contributed by atoms with Gasteiger partial charge in [0.1, 0.15) is 11.5 Å². The molecule has 92 valence electrons. The van der Waals surface area contributed by atoms with Crippen molar-refractivity contribution < 1.29 is 14.6 Å². The van der Waals surface area contributed by atoms with E-state index in [4.69, 9.17) is 21.4 Å². The molecule has 0 fully saturated rings. The molecule has 0 aliphatic rings. The molecule has 0 aliphatic heterocycles. The van der Waals surface area contributed by atoms with Gasteiger partial charge >= 0.3 is 5.97 Å². The van der Waals surface area contributed by atoms with E-state index in [-0.39, 0.29) is 10.6 Å². The van der Waals surface area contributed by atoms with Gasteiger partial charge in [-0.25, -0.2) is 4.79 Å². The summed E-state index contributed by atoms with van der Waals surface area (Å²) >= 11 is 8.04. The largest absolute Gasteiger partial charge is 0.478 e. The molecule has 0 radical (unpaired) electrons. The third kappa shape index (κ3) is 3.14. The van der Waals surface area contributed by atoms with E-state index in [1.54, 1.807) is 6.07 Å². The first-order chi connectivity index (χ1) is 8.56. The van der Waals surface area contributed by atoms with Gasteiger partial charge in [0.25, 0.3) is 0 Å². The minimum Gasteiger partial charge on any atom is -0.478 e. The molecular formula is C13H8ClIO3. The molecule has 1 N–H and O–H groups in total. The van der Waals surface area contributed by atoms with Crippen molar-refractivity contribution in [1.82, 2.24) is 0 Å². The molecule has 5 heteroatoms. The first-order valence-corrected chi connectivity index (χ1v) is 6.48. The van der Waals surface area contributed by atoms with Crippen molar-refractivity contribution in [3.8, 4) is 11.5 Å². The third-order valence-corrected chi connectivity index (χ3v) is 3.19. The summed E-state index contributed by atoms with van der Waals surface area (Å²) in [6.45, 7) is 0. The predicted molar refractivity (Wildman–Crippen MR) is 77.6 cm³/mol. The lowest BCUT2D eigenvalue weighted by atomic mass is 10.2. The fourth-order valence-electron chi connectivity index (χ4n) is 1.40. The summed E-state index contributed by atoms with van der Waals surface area (Å²) in [4.78, 5) is 10.8. The first-order valence-electron chi connectivity index (χ1n) is 5.02. The zero-order valence-electron chi connectivity index (χ0n) is 9.06. The summed E-state index contributed by atoms with van der Waals surface area (Å²) in [5.74, 6) is 0.133. The van der Waals surface area contributed by atoms with Crippen LogP contribution in [0, 0.1) is 3.57 Å². The lowest BCUT2D eigenvalue weighted by Gasteiger charge is -2.07. The van der Waals surface area contributed by atoms with Crippen LogP contribution in [0.15, 0.2) is 42.5 Å². The summed E-state index contributed by atoms with van der Waals surface area (Å²) in [5, 5.41) is 9.01. The third-order valence-electron chi connectivity index (χ3n) is 2.20. The Morgan fingerprint density at radius 2 is 1.89 bits per heavy atom. The molecule has 0 amide bonds. The number of benzene rings is 2. The maximum atomic E-state index is 10.8. The molecule has 0 saturated carbocycles. The van der Waals surface area contributed by atoms with Crippen LogP contribution in [-0.4, -0.2) is 11.1 Å². The molecule has 3 nitrogen and oxygen atoms in total. The smallest absolute Gasteiger partial charge is 0.337 e. The summed E-state index contributed by atoms with van der Waals surface area (Å²) < 4.78 is 6.65. The van der Waals surface area contributed by atoms with Crippen LogP contribution < -0.4 is 4.74 Å². The van der Waals surface area contributed by atoms with E-state index in [1.165, 1.54) is 12.1 Å². The minimum atomic E-state index is -1.05. The van der Waals surface area contributed by atoms with Crippen LogP contribution in [0.4, 0.5) is 0 Å². The normalized spacial score (nSPS) is 10.1. The van der Waals surface area contributed by atoms with E-state index in [2.05, 4.69) is 22.6 Å². The standard InChI is InChI=1S/C13H8ClIO3/c14-12-7-10(4-5-11(12)13(16)17)18-9-3-1-2-8(15)6-9/h1-7H,(H,16,17). The maximum Gasteiger partial charge on any atom is 0.337 e. The van der Waals surface area contributed by atoms with Gasteiger partial charge in [-0.3, -0.25) is 0 Å². The Kier molecular flexibility index (Phi) is 4.08. The van der Waals surface area contributed by atoms with Crippen molar-refractivity contribution in [1.29, 1.82) is 0 Å². The molecule has 0 saturated heterocycles. The highest BCUT2D eigenvalue weighted by Gasteiger charge is 2.09. The van der Waals surface area contributed by atoms with Gasteiger partial charge in [-0.05, 0) is 52.9 Å². The Labute approximate surface area is 122 Å². The summed E-state index contributed by atoms with van der Waals surface area (Å²) in [7, 11) is 0. The Bertz CT molecular complexity index is 599. The van der Waals surface area contributed by atoms with Crippen molar-refractivity contribution in [3.63, 3.8) is 0 Å². The molecule has 0 aliphatic carbocycles. The minimum absolute atomic E-state index is 0.0617. The molecule has 0 bridgehead atoms. The Balaban J connectivity index is 2.25. The second-order valence-electron chi connectivity index (χ2n) is 3.51. The SMILES string of the molecule is O=C(O)c1ccc(Oc2cccc(I)c2)cc1Cl. The fourth-order valence-corrected chi connectivity index (χ4v) is 2.17. The van der Waals surface area contributed by atoms with Crippen molar-refractivity contribution in [2.75, 3.05) is 0 Å². The van der Waals surface area contributed by atoms with Crippen molar-refractivity contribution in [2.24, 2.45) is 0 Å². The molecule has 0 aromatic heterocycles. The Hall–Kier alpha value is -1.27. The van der Waals surface area contributed by atoms with Gasteiger partial charge in [0, 0.05) is 9.64 Å². The highest BCUT2D eigenvalue weighted by molar-refractivity contribution is 14.1. The van der Waals surface area contributed by atoms with Crippen molar-refractivity contribution in [3.05, 3.63) is 56.6 Å². The van der Waals surface area contributed by atoms with E-state index >= 15 is 0 Å². The molecule has 0 atom stereocenters. The van der Waals surface area contributed by atoms with E-state index in [0.717, 1.165) is 3.57 Å². The zero-order valence-corrected chi connectivity index (χ0v) is 12.0. The number of rotatable bonds is 3. The van der Waals surface area contributed by atoms with Crippen molar-refractivity contribution in [2.45, 2.75) is 0 Å². The molecule has 0 spiro atoms. The van der Waals surface area contributed by atoms with Gasteiger partial charge in [0.2, 0.25) is 0 Å². The lowest BCUT2D eigenvalue weighted by Crippen LogP contribution is -1.97. The van der Waals surface area contributed by atoms with Crippen LogP contribution in [0.25, 0.3) is 0 Å². The predicted octanol–water partition coefficient (Wildman–Crippen LogP) is 4.44. The van der Waals surface area contributed by atoms with E-state index in [0.29, 0.717) is 11.5 Å². The zero-order chi connectivity index (χ0) is 13.1. The second-order valence-corrected chi connectivity index (χ2v) is 5.16. The second kappa shape index (κ2) is 5.58. The van der Waals surface area contributed by atoms with Crippen LogP contribution in [0.5, 0.6) is 11.5 Å². The number of hydrogen-bond donors (Lipinski definition) is 1. The highest BCUT2D eigenvalue weighted by atomic mass is 127. The van der Waals surface area contributed by atoms with Crippen LogP contribution in [0.3, 0.4) is 0 Å². The molecule has 2 aromatic rings. The Morgan fingerprint density at radius 3 is 2.50 bits per heavy atom. The number of halogens is 2. The number of carboxylic acids is 1. The topological polar surface area (TPSA) is 46.5 Å². The highest BCUT2D eigenvalue weighted by Crippen LogP contribution is 2.27. The Morgan fingerprint density at radius 1 is 1.17 bits per heavy atom. The van der Waals surface area contributed by atoms with Gasteiger partial charge in [0.05, 0.1) is 10.6 Å². The summed E-state index contributed by atoms with van der Waals surface area (Å²) in [6.07, 6.45) is 0. The number of carbonyl (C=O) groups is 1. The maximum absolute atomic E-state index is 10.8. The van der Waals surface area contributed by atoms with Gasteiger partial charge < -0.3 is 9.84 Å². The monoisotopic (exact) mass is 374 g/mol. The van der Waals surface area contributed by atoms with E-state index in [9.17, 15) is 4.79 Å². The summed E-state index contributed by atoms with van der Waals surface area (Å²) in [5.41, 5.74) is 0.0617. The number of aromatic carboxylic acids is 1. The molecule has 0 heterocycles. The fraction of sp³-hybridized carbons (Fsp3) is 0. The number of carboxylic acid groups (broad SMARTS) is 1. The quantitative estimate of drug-likeness (QED) is 0.808. The van der Waals surface area contributed by atoms with Crippen LogP contribution in [-0.2, 0) is 0 Å². The summed E-state index contributed by atoms with van der Waals surface area (Å²) in [6, 6.07) is 12.0. The lowest BCUT2D eigenvalue weighted by molar-refractivity contribution is 0.0697. The molecule has 18 heavy (non-hydrogen) atoms. The number of ether oxygens (including phenoxy) is 1. The average molecular weight is 375 g/mol. The molecule has 2 aromatic carbocycles. The van der Waals surface area contributed by atoms with Gasteiger partial charge in [-0.2, -0.15) is 0 Å². The van der Waals surface area contributed by atoms with Crippen LogP contribution in [0.2, 0.25) is 5.02 Å². The molecular weight excluding hydrogens is 366 g/mol. The van der Waals surface area contributed by atoms with Crippen LogP contribution in [0.1, 0.15) is 10.4 Å². The van der Waals surface area contributed by atoms with Gasteiger partial charge in [-0.1, -0.05) is 17.7 Å². The average Bonchev–Trinajstić information content (AvgIpc) is 2.28. The molecule has 2 rings (SSSR count). The van der Waals surface area contributed by atoms with Crippen molar-refractivity contribution >= 4 is 40.2 Å². The van der Waals surface area contributed by atoms with E-state index in [1.807, 2.05) is 24.3 Å². The van der Waals surface area contributed by atoms with Gasteiger partial charge in [-0.15, -0.1) is 0 Å². The van der Waals surface area contributed by atoms with Gasteiger partial charge in [0.15, 0.2) is 0 Å².